The van der Waals surface area contributed by atoms with Crippen molar-refractivity contribution in [1.82, 2.24) is 0 Å². The molecule has 0 N–H and O–H groups in total. The highest BCUT2D eigenvalue weighted by Gasteiger charge is 2.67. The molecule has 5 aromatic carbocycles. The Labute approximate surface area is 277 Å². The first kappa shape index (κ1) is 27.5. The van der Waals surface area contributed by atoms with E-state index in [1.807, 2.05) is 103 Å². The van der Waals surface area contributed by atoms with Gasteiger partial charge in [0.05, 0.1) is 35.0 Å². The fourth-order valence-electron chi connectivity index (χ4n) is 9.80. The highest BCUT2D eigenvalue weighted by Crippen LogP contribution is 2.63. The number of hydrogen-bond acceptors (Lipinski definition) is 4. The zero-order valence-electron chi connectivity index (χ0n) is 25.9. The van der Waals surface area contributed by atoms with Gasteiger partial charge in [-0.1, -0.05) is 121 Å². The van der Waals surface area contributed by atoms with Crippen LogP contribution < -0.4 is 9.80 Å². The van der Waals surface area contributed by atoms with Gasteiger partial charge < -0.3 is 0 Å². The minimum Gasteiger partial charge on any atom is -0.274 e. The first-order valence-electron chi connectivity index (χ1n) is 16.7. The Morgan fingerprint density at radius 3 is 1.69 bits per heavy atom. The molecule has 2 saturated heterocycles. The average molecular weight is 627 g/mol. The van der Waals surface area contributed by atoms with Crippen molar-refractivity contribution in [3.05, 3.63) is 139 Å². The fourth-order valence-corrected chi connectivity index (χ4v) is 9.80. The van der Waals surface area contributed by atoms with Crippen molar-refractivity contribution in [2.75, 3.05) is 9.80 Å². The molecule has 5 aromatic rings. The molecule has 0 radical (unpaired) electrons. The van der Waals surface area contributed by atoms with Crippen molar-refractivity contribution in [3.8, 4) is 0 Å². The Morgan fingerprint density at radius 2 is 1.02 bits per heavy atom. The number of anilines is 2. The van der Waals surface area contributed by atoms with Gasteiger partial charge in [0.25, 0.3) is 0 Å². The van der Waals surface area contributed by atoms with Crippen molar-refractivity contribution >= 4 is 62.1 Å². The minimum atomic E-state index is -0.619. The van der Waals surface area contributed by atoms with E-state index in [1.165, 1.54) is 9.80 Å². The topological polar surface area (TPSA) is 74.8 Å². The van der Waals surface area contributed by atoms with E-state index in [1.54, 1.807) is 0 Å². The number of allylic oxidation sites excluding steroid dienone is 4. The third-order valence-electron chi connectivity index (χ3n) is 11.6. The van der Waals surface area contributed by atoms with Crippen LogP contribution in [0.5, 0.6) is 0 Å². The van der Waals surface area contributed by atoms with Crippen molar-refractivity contribution in [3.63, 3.8) is 0 Å². The number of benzene rings is 5. The molecule has 6 nitrogen and oxygen atoms in total. The summed E-state index contributed by atoms with van der Waals surface area (Å²) in [5.41, 5.74) is 4.29. The van der Waals surface area contributed by atoms with Crippen molar-refractivity contribution in [2.45, 2.75) is 6.42 Å². The van der Waals surface area contributed by atoms with E-state index in [9.17, 15) is 19.2 Å². The number of nitrogens with zero attached hydrogens (tertiary/aromatic N) is 2. The van der Waals surface area contributed by atoms with Crippen LogP contribution in [0.2, 0.25) is 0 Å². The predicted octanol–water partition coefficient (Wildman–Crippen LogP) is 7.19. The van der Waals surface area contributed by atoms with Gasteiger partial charge in [0.2, 0.25) is 23.6 Å². The molecule has 7 atom stereocenters. The van der Waals surface area contributed by atoms with Gasteiger partial charge in [-0.15, -0.1) is 0 Å². The molecule has 3 fully saturated rings. The lowest BCUT2D eigenvalue weighted by Crippen LogP contribution is -2.51. The molecule has 2 heterocycles. The van der Waals surface area contributed by atoms with Gasteiger partial charge in [0.15, 0.2) is 0 Å². The highest BCUT2D eigenvalue weighted by atomic mass is 16.2. The molecule has 11 rings (SSSR count). The van der Waals surface area contributed by atoms with E-state index in [0.29, 0.717) is 17.8 Å². The molecular formula is C42H30N2O4. The van der Waals surface area contributed by atoms with Gasteiger partial charge in [0.1, 0.15) is 0 Å². The zero-order chi connectivity index (χ0) is 32.3. The Bertz CT molecular complexity index is 2310. The van der Waals surface area contributed by atoms with Crippen LogP contribution in [0.15, 0.2) is 133 Å². The van der Waals surface area contributed by atoms with Crippen LogP contribution >= 0.6 is 0 Å². The molecule has 6 aliphatic rings. The van der Waals surface area contributed by atoms with Gasteiger partial charge in [-0.2, -0.15) is 0 Å². The largest absolute Gasteiger partial charge is 0.274 e. The molecule has 48 heavy (non-hydrogen) atoms. The predicted molar refractivity (Wildman–Crippen MR) is 184 cm³/mol. The molecule has 0 spiro atoms. The first-order chi connectivity index (χ1) is 23.5. The molecule has 2 bridgehead atoms. The van der Waals surface area contributed by atoms with E-state index >= 15 is 0 Å². The lowest BCUT2D eigenvalue weighted by molar-refractivity contribution is -0.129. The summed E-state index contributed by atoms with van der Waals surface area (Å²) in [4.78, 5) is 61.2. The van der Waals surface area contributed by atoms with Crippen molar-refractivity contribution in [2.24, 2.45) is 41.4 Å². The molecule has 4 aliphatic carbocycles. The van der Waals surface area contributed by atoms with Crippen LogP contribution in [0.3, 0.4) is 0 Å². The van der Waals surface area contributed by atoms with E-state index < -0.39 is 23.7 Å². The van der Waals surface area contributed by atoms with Gasteiger partial charge in [-0.3, -0.25) is 19.2 Å². The van der Waals surface area contributed by atoms with Crippen LogP contribution in [0, 0.1) is 41.4 Å². The van der Waals surface area contributed by atoms with Gasteiger partial charge in [-0.05, 0) is 46.4 Å². The van der Waals surface area contributed by atoms with Gasteiger partial charge in [0, 0.05) is 22.6 Å². The van der Waals surface area contributed by atoms with Gasteiger partial charge >= 0.3 is 0 Å². The molecule has 232 valence electrons. The first-order valence-corrected chi connectivity index (χ1v) is 16.7. The number of imide groups is 2. The standard InChI is InChI=1S/C42H30N2O4/c45-39-31-22-30(25-10-2-1-3-11-25)34-28-20-21-29(35(34)38(31)42(48)43(39)32-18-8-14-23-12-4-6-16-26(23)32)37-36(28)40(46)44(41(37)47)33-19-9-15-24-13-5-7-17-27(24)33/h1-21,28-29,31,35-38H,22H2/t28-,29-,31+,35-,36+,37+,38-/m0/s1. The summed E-state index contributed by atoms with van der Waals surface area (Å²) in [6.07, 6.45) is 4.58. The van der Waals surface area contributed by atoms with E-state index in [0.717, 1.165) is 38.3 Å². The van der Waals surface area contributed by atoms with E-state index in [2.05, 4.69) is 24.3 Å². The second-order valence-electron chi connectivity index (χ2n) is 13.7. The van der Waals surface area contributed by atoms with Crippen LogP contribution in [-0.2, 0) is 19.2 Å². The molecule has 2 aliphatic heterocycles. The Balaban J connectivity index is 1.14. The maximum absolute atomic E-state index is 14.7. The van der Waals surface area contributed by atoms with Crippen LogP contribution in [0.25, 0.3) is 27.1 Å². The molecule has 4 amide bonds. The molecule has 0 unspecified atom stereocenters. The number of carbonyl (C=O) groups excluding carboxylic acids is 4. The Morgan fingerprint density at radius 1 is 0.479 bits per heavy atom. The number of rotatable bonds is 3. The minimum absolute atomic E-state index is 0.188. The number of amides is 4. The second kappa shape index (κ2) is 9.94. The van der Waals surface area contributed by atoms with Crippen LogP contribution in [0.1, 0.15) is 12.0 Å². The summed E-state index contributed by atoms with van der Waals surface area (Å²) in [7, 11) is 0. The van der Waals surface area contributed by atoms with Crippen LogP contribution in [-0.4, -0.2) is 23.6 Å². The van der Waals surface area contributed by atoms with Crippen molar-refractivity contribution < 1.29 is 19.2 Å². The number of fused-ring (bicyclic) bond motifs is 3. The highest BCUT2D eigenvalue weighted by molar-refractivity contribution is 6.27. The summed E-state index contributed by atoms with van der Waals surface area (Å²) in [6, 6.07) is 37.1. The lowest BCUT2D eigenvalue weighted by Gasteiger charge is -2.51. The SMILES string of the molecule is O=C1[C@@H]2[C@H]3C=C[C@@H](C4=C(c5ccccc5)C[C@H]5C(=O)N(c6cccc7ccccc67)C(=O)[C@@H]5[C@H]43)[C@H]2C(=O)N1c1cccc2ccccc12. The Kier molecular flexibility index (Phi) is 5.69. The lowest BCUT2D eigenvalue weighted by atomic mass is 9.49. The fraction of sp³-hybridized carbons (Fsp3) is 0.190. The summed E-state index contributed by atoms with van der Waals surface area (Å²) in [6.45, 7) is 0. The van der Waals surface area contributed by atoms with E-state index in [-0.39, 0.29) is 41.4 Å². The maximum Gasteiger partial charge on any atom is 0.238 e. The summed E-state index contributed by atoms with van der Waals surface area (Å²) in [5.74, 6) is -4.25. The summed E-state index contributed by atoms with van der Waals surface area (Å²) >= 11 is 0. The third-order valence-corrected chi connectivity index (χ3v) is 11.6. The maximum atomic E-state index is 14.7. The van der Waals surface area contributed by atoms with Gasteiger partial charge in [-0.25, -0.2) is 9.80 Å². The molecule has 1 saturated carbocycles. The van der Waals surface area contributed by atoms with Crippen LogP contribution in [0.4, 0.5) is 11.4 Å². The smallest absolute Gasteiger partial charge is 0.238 e. The quantitative estimate of drug-likeness (QED) is 0.157. The monoisotopic (exact) mass is 626 g/mol. The normalized spacial score (nSPS) is 28.9. The number of carbonyl (C=O) groups is 4. The number of hydrogen-bond donors (Lipinski definition) is 0. The van der Waals surface area contributed by atoms with Crippen molar-refractivity contribution in [1.29, 1.82) is 0 Å². The molecule has 0 aromatic heterocycles. The average Bonchev–Trinajstić information content (AvgIpc) is 3.56. The van der Waals surface area contributed by atoms with E-state index in [4.69, 9.17) is 0 Å². The Hall–Kier alpha value is -5.62. The summed E-state index contributed by atoms with van der Waals surface area (Å²) in [5, 5.41) is 3.62. The zero-order valence-corrected chi connectivity index (χ0v) is 25.9. The third kappa shape index (κ3) is 3.52. The summed E-state index contributed by atoms with van der Waals surface area (Å²) < 4.78 is 0. The molecular weight excluding hydrogens is 596 g/mol. The second-order valence-corrected chi connectivity index (χ2v) is 13.7. The molecule has 6 heteroatoms.